The summed E-state index contributed by atoms with van der Waals surface area (Å²) in [5.74, 6) is -1.16. The van der Waals surface area contributed by atoms with E-state index in [1.54, 1.807) is 0 Å². The minimum absolute atomic E-state index is 0.256. The largest absolute Gasteiger partial charge is 0.424 e. The first-order chi connectivity index (χ1) is 4.61. The average molecular weight is 143 g/mol. The number of carbonyl (C=O) groups excluding carboxylic acids is 3. The molecule has 0 saturated carbocycles. The average Bonchev–Trinajstić information content (AvgIpc) is 2.10. The van der Waals surface area contributed by atoms with Crippen LogP contribution in [0.4, 0.5) is 4.79 Å². The van der Waals surface area contributed by atoms with Crippen LogP contribution in [-0.2, 0) is 14.3 Å². The number of hydrogen-bond donors (Lipinski definition) is 0. The van der Waals surface area contributed by atoms with Crippen molar-refractivity contribution in [3.8, 4) is 0 Å². The molecule has 0 aromatic carbocycles. The monoisotopic (exact) mass is 143 g/mol. The van der Waals surface area contributed by atoms with Crippen LogP contribution in [0.5, 0.6) is 0 Å². The predicted molar refractivity (Wildman–Crippen MR) is 28.9 cm³/mol. The summed E-state index contributed by atoms with van der Waals surface area (Å²) >= 11 is 0. The van der Waals surface area contributed by atoms with E-state index in [-0.39, 0.29) is 6.54 Å². The second-order valence-electron chi connectivity index (χ2n) is 1.85. The fraction of sp³-hybridized carbons (Fsp3) is 0.400. The summed E-state index contributed by atoms with van der Waals surface area (Å²) in [6, 6.07) is 0. The maximum Gasteiger partial charge on any atom is 0.424 e. The van der Waals surface area contributed by atoms with Crippen LogP contribution in [-0.4, -0.2) is 29.4 Å². The Labute approximate surface area is 56.6 Å². The van der Waals surface area contributed by atoms with Gasteiger partial charge in [-0.25, -0.2) is 14.5 Å². The summed E-state index contributed by atoms with van der Waals surface area (Å²) in [5.41, 5.74) is 0. The fourth-order valence-corrected chi connectivity index (χ4v) is 0.618. The van der Waals surface area contributed by atoms with Crippen LogP contribution in [0.1, 0.15) is 6.92 Å². The Morgan fingerprint density at radius 1 is 1.60 bits per heavy atom. The summed E-state index contributed by atoms with van der Waals surface area (Å²) < 4.78 is 4.06. The maximum atomic E-state index is 10.5. The standard InChI is InChI=1S/C5H5NO4/c1-3(7)6-2-4(8)10-5(6)9/h2H2,1H3. The third-order valence-corrected chi connectivity index (χ3v) is 1.09. The topological polar surface area (TPSA) is 63.7 Å². The zero-order valence-electron chi connectivity index (χ0n) is 5.29. The van der Waals surface area contributed by atoms with Crippen LogP contribution in [0.25, 0.3) is 0 Å². The minimum atomic E-state index is -0.877. The van der Waals surface area contributed by atoms with E-state index < -0.39 is 18.0 Å². The van der Waals surface area contributed by atoms with E-state index in [0.717, 1.165) is 4.90 Å². The Balaban J connectivity index is 2.72. The van der Waals surface area contributed by atoms with Crippen molar-refractivity contribution < 1.29 is 19.1 Å². The zero-order chi connectivity index (χ0) is 7.72. The van der Waals surface area contributed by atoms with Gasteiger partial charge in [0.15, 0.2) is 0 Å². The molecule has 5 heteroatoms. The van der Waals surface area contributed by atoms with Gasteiger partial charge in [-0.15, -0.1) is 0 Å². The molecule has 0 aliphatic carbocycles. The summed E-state index contributed by atoms with van der Waals surface area (Å²) in [5, 5.41) is 0. The van der Waals surface area contributed by atoms with E-state index in [9.17, 15) is 14.4 Å². The molecule has 0 unspecified atom stereocenters. The van der Waals surface area contributed by atoms with Gasteiger partial charge in [-0.2, -0.15) is 0 Å². The zero-order valence-corrected chi connectivity index (χ0v) is 5.29. The van der Waals surface area contributed by atoms with Crippen LogP contribution in [0.15, 0.2) is 0 Å². The summed E-state index contributed by atoms with van der Waals surface area (Å²) in [7, 11) is 0. The molecule has 0 radical (unpaired) electrons. The number of carbonyl (C=O) groups is 3. The molecule has 0 bridgehead atoms. The lowest BCUT2D eigenvalue weighted by Gasteiger charge is -2.02. The lowest BCUT2D eigenvalue weighted by molar-refractivity contribution is -0.134. The molecule has 1 saturated heterocycles. The molecular formula is C5H5NO4. The second kappa shape index (κ2) is 2.09. The number of rotatable bonds is 0. The number of esters is 1. The molecule has 0 aromatic rings. The van der Waals surface area contributed by atoms with Gasteiger partial charge in [0.2, 0.25) is 5.91 Å². The Bertz CT molecular complexity index is 210. The van der Waals surface area contributed by atoms with Gasteiger partial charge in [0, 0.05) is 6.92 Å². The van der Waals surface area contributed by atoms with Crippen molar-refractivity contribution in [2.45, 2.75) is 6.92 Å². The fourth-order valence-electron chi connectivity index (χ4n) is 0.618. The number of imide groups is 1. The molecule has 1 aliphatic rings. The predicted octanol–water partition coefficient (Wildman–Crippen LogP) is -0.488. The van der Waals surface area contributed by atoms with E-state index in [1.165, 1.54) is 6.92 Å². The Morgan fingerprint density at radius 2 is 2.20 bits per heavy atom. The molecule has 2 amide bonds. The first kappa shape index (κ1) is 6.73. The van der Waals surface area contributed by atoms with Gasteiger partial charge in [0.25, 0.3) is 0 Å². The van der Waals surface area contributed by atoms with E-state index in [4.69, 9.17) is 0 Å². The number of cyclic esters (lactones) is 2. The second-order valence-corrected chi connectivity index (χ2v) is 1.85. The van der Waals surface area contributed by atoms with E-state index >= 15 is 0 Å². The molecule has 0 spiro atoms. The van der Waals surface area contributed by atoms with Gasteiger partial charge in [-0.3, -0.25) is 4.79 Å². The molecule has 0 N–H and O–H groups in total. The first-order valence-electron chi connectivity index (χ1n) is 2.64. The minimum Gasteiger partial charge on any atom is -0.374 e. The summed E-state index contributed by atoms with van der Waals surface area (Å²) in [6.07, 6.45) is -0.877. The van der Waals surface area contributed by atoms with Crippen molar-refractivity contribution in [1.29, 1.82) is 0 Å². The summed E-state index contributed by atoms with van der Waals surface area (Å²) in [4.78, 5) is 32.0. The highest BCUT2D eigenvalue weighted by Crippen LogP contribution is 2.03. The van der Waals surface area contributed by atoms with E-state index in [1.807, 2.05) is 0 Å². The lowest BCUT2D eigenvalue weighted by atomic mass is 10.5. The quantitative estimate of drug-likeness (QED) is 0.339. The highest BCUT2D eigenvalue weighted by atomic mass is 16.6. The van der Waals surface area contributed by atoms with Crippen LogP contribution >= 0.6 is 0 Å². The SMILES string of the molecule is CC(=O)N1CC(=O)OC1=O. The van der Waals surface area contributed by atoms with Crippen LogP contribution in [0.3, 0.4) is 0 Å². The van der Waals surface area contributed by atoms with Crippen molar-refractivity contribution in [2.24, 2.45) is 0 Å². The van der Waals surface area contributed by atoms with Crippen molar-refractivity contribution in [1.82, 2.24) is 4.90 Å². The van der Waals surface area contributed by atoms with Gasteiger partial charge in [-0.1, -0.05) is 0 Å². The van der Waals surface area contributed by atoms with Crippen LogP contribution < -0.4 is 0 Å². The number of nitrogens with zero attached hydrogens (tertiary/aromatic N) is 1. The van der Waals surface area contributed by atoms with Gasteiger partial charge in [0.05, 0.1) is 0 Å². The third kappa shape index (κ3) is 0.975. The maximum absolute atomic E-state index is 10.5. The van der Waals surface area contributed by atoms with Crippen molar-refractivity contribution in [2.75, 3.05) is 6.54 Å². The number of hydrogen-bond acceptors (Lipinski definition) is 4. The Hall–Kier alpha value is -1.39. The highest BCUT2D eigenvalue weighted by Gasteiger charge is 2.32. The van der Waals surface area contributed by atoms with Crippen LogP contribution in [0.2, 0.25) is 0 Å². The molecule has 5 nitrogen and oxygen atoms in total. The van der Waals surface area contributed by atoms with Crippen molar-refractivity contribution in [3.63, 3.8) is 0 Å². The molecule has 1 heterocycles. The Morgan fingerprint density at radius 3 is 2.40 bits per heavy atom. The molecule has 0 atom stereocenters. The highest BCUT2D eigenvalue weighted by molar-refractivity contribution is 6.02. The molecule has 1 aliphatic heterocycles. The number of ether oxygens (including phenoxy) is 1. The van der Waals surface area contributed by atoms with Gasteiger partial charge < -0.3 is 4.74 Å². The van der Waals surface area contributed by atoms with Crippen molar-refractivity contribution >= 4 is 18.0 Å². The smallest absolute Gasteiger partial charge is 0.374 e. The van der Waals surface area contributed by atoms with Gasteiger partial charge in [0.1, 0.15) is 6.54 Å². The van der Waals surface area contributed by atoms with Gasteiger partial charge in [-0.05, 0) is 0 Å². The lowest BCUT2D eigenvalue weighted by Crippen LogP contribution is -2.29. The van der Waals surface area contributed by atoms with Crippen molar-refractivity contribution in [3.05, 3.63) is 0 Å². The molecule has 1 fully saturated rings. The Kier molecular flexibility index (Phi) is 1.41. The van der Waals surface area contributed by atoms with Gasteiger partial charge >= 0.3 is 12.1 Å². The number of amides is 2. The molecule has 10 heavy (non-hydrogen) atoms. The first-order valence-corrected chi connectivity index (χ1v) is 2.64. The molecule has 0 aromatic heterocycles. The molecule has 54 valence electrons. The van der Waals surface area contributed by atoms with E-state index in [2.05, 4.69) is 4.74 Å². The van der Waals surface area contributed by atoms with Crippen LogP contribution in [0, 0.1) is 0 Å². The third-order valence-electron chi connectivity index (χ3n) is 1.09. The molecule has 1 rings (SSSR count). The van der Waals surface area contributed by atoms with E-state index in [0.29, 0.717) is 0 Å². The molecular weight excluding hydrogens is 138 g/mol. The normalized spacial score (nSPS) is 17.5. The summed E-state index contributed by atoms with van der Waals surface area (Å²) in [6.45, 7) is 0.939.